The first-order valence-electron chi connectivity index (χ1n) is 8.33. The van der Waals surface area contributed by atoms with Gasteiger partial charge < -0.3 is 10.2 Å². The van der Waals surface area contributed by atoms with Crippen LogP contribution in [0.3, 0.4) is 0 Å². The molecule has 4 nitrogen and oxygen atoms in total. The topological polar surface area (TPSA) is 49.4 Å². The second-order valence-corrected chi connectivity index (χ2v) is 7.58. The largest absolute Gasteiger partial charge is 0.342 e. The molecule has 1 aromatic carbocycles. The van der Waals surface area contributed by atoms with Gasteiger partial charge in [0.05, 0.1) is 11.5 Å². The maximum atomic E-state index is 12.3. The average molecular weight is 332 g/mol. The fraction of sp³-hybridized carbons (Fsp3) is 0.556. The molecule has 124 valence electrons. The fourth-order valence-corrected chi connectivity index (χ4v) is 4.29. The summed E-state index contributed by atoms with van der Waals surface area (Å²) in [5.74, 6) is 1.05. The van der Waals surface area contributed by atoms with Crippen molar-refractivity contribution in [2.24, 2.45) is 5.41 Å². The van der Waals surface area contributed by atoms with Gasteiger partial charge in [-0.05, 0) is 31.2 Å². The van der Waals surface area contributed by atoms with Crippen molar-refractivity contribution < 1.29 is 9.59 Å². The van der Waals surface area contributed by atoms with E-state index in [0.717, 1.165) is 44.6 Å². The first kappa shape index (κ1) is 16.5. The van der Waals surface area contributed by atoms with Crippen molar-refractivity contribution in [2.75, 3.05) is 37.7 Å². The molecule has 2 heterocycles. The zero-order valence-electron chi connectivity index (χ0n) is 13.4. The molecule has 5 heteroatoms. The summed E-state index contributed by atoms with van der Waals surface area (Å²) in [6, 6.07) is 9.28. The van der Waals surface area contributed by atoms with E-state index in [-0.39, 0.29) is 11.7 Å². The van der Waals surface area contributed by atoms with Crippen molar-refractivity contribution in [2.45, 2.75) is 19.3 Å². The lowest BCUT2D eigenvalue weighted by atomic mass is 9.78. The van der Waals surface area contributed by atoms with Crippen LogP contribution in [0.15, 0.2) is 30.3 Å². The molecule has 1 spiro atoms. The van der Waals surface area contributed by atoms with Gasteiger partial charge in [-0.25, -0.2) is 0 Å². The minimum Gasteiger partial charge on any atom is -0.342 e. The van der Waals surface area contributed by atoms with Gasteiger partial charge in [0, 0.05) is 25.2 Å². The molecule has 2 aliphatic rings. The van der Waals surface area contributed by atoms with Crippen LogP contribution in [0.4, 0.5) is 0 Å². The zero-order chi connectivity index (χ0) is 16.1. The minimum absolute atomic E-state index is 0.0954. The molecular formula is C18H24N2O2S. The third kappa shape index (κ3) is 4.15. The van der Waals surface area contributed by atoms with Gasteiger partial charge in [-0.15, -0.1) is 11.8 Å². The van der Waals surface area contributed by atoms with Crippen molar-refractivity contribution >= 4 is 23.5 Å². The molecule has 2 fully saturated rings. The number of carbonyl (C=O) groups excluding carboxylic acids is 2. The molecule has 0 aromatic heterocycles. The number of nitrogens with one attached hydrogen (secondary N) is 1. The van der Waals surface area contributed by atoms with Crippen LogP contribution in [0.2, 0.25) is 0 Å². The molecule has 0 radical (unpaired) electrons. The van der Waals surface area contributed by atoms with E-state index in [0.29, 0.717) is 16.9 Å². The Hall–Kier alpha value is -1.33. The Labute approximate surface area is 142 Å². The SMILES string of the molecule is O=C(CSCC(=O)N1CCC2(CCNC2)CC1)c1ccccc1. The van der Waals surface area contributed by atoms with Gasteiger partial charge in [-0.2, -0.15) is 0 Å². The van der Waals surface area contributed by atoms with Crippen molar-refractivity contribution in [3.05, 3.63) is 35.9 Å². The summed E-state index contributed by atoms with van der Waals surface area (Å²) >= 11 is 1.43. The Bertz CT molecular complexity index is 545. The van der Waals surface area contributed by atoms with E-state index in [4.69, 9.17) is 0 Å². The highest BCUT2D eigenvalue weighted by Crippen LogP contribution is 2.36. The van der Waals surface area contributed by atoms with Crippen molar-refractivity contribution in [1.82, 2.24) is 10.2 Å². The summed E-state index contributed by atoms with van der Waals surface area (Å²) in [6.45, 7) is 3.96. The molecular weight excluding hydrogens is 308 g/mol. The number of rotatable bonds is 5. The van der Waals surface area contributed by atoms with Gasteiger partial charge in [0.1, 0.15) is 0 Å². The van der Waals surface area contributed by atoms with Crippen LogP contribution < -0.4 is 5.32 Å². The van der Waals surface area contributed by atoms with Gasteiger partial charge in [-0.1, -0.05) is 30.3 Å². The number of carbonyl (C=O) groups is 2. The van der Waals surface area contributed by atoms with E-state index in [2.05, 4.69) is 5.32 Å². The van der Waals surface area contributed by atoms with E-state index < -0.39 is 0 Å². The van der Waals surface area contributed by atoms with Gasteiger partial charge >= 0.3 is 0 Å². The van der Waals surface area contributed by atoms with Gasteiger partial charge in [0.2, 0.25) is 5.91 Å². The van der Waals surface area contributed by atoms with Crippen molar-refractivity contribution in [3.8, 4) is 0 Å². The molecule has 2 aliphatic heterocycles. The summed E-state index contributed by atoms with van der Waals surface area (Å²) in [7, 11) is 0. The number of likely N-dealkylation sites (tertiary alicyclic amines) is 1. The third-order valence-electron chi connectivity index (χ3n) is 5.06. The lowest BCUT2D eigenvalue weighted by Gasteiger charge is -2.38. The van der Waals surface area contributed by atoms with Crippen LogP contribution in [0.25, 0.3) is 0 Å². The highest BCUT2D eigenvalue weighted by atomic mass is 32.2. The first-order chi connectivity index (χ1) is 11.2. The molecule has 2 saturated heterocycles. The van der Waals surface area contributed by atoms with Crippen molar-refractivity contribution in [3.63, 3.8) is 0 Å². The number of Topliss-reactive ketones (excluding diaryl/α,β-unsaturated/α-hetero) is 1. The molecule has 0 atom stereocenters. The normalized spacial score (nSPS) is 19.9. The molecule has 1 aromatic rings. The monoisotopic (exact) mass is 332 g/mol. The van der Waals surface area contributed by atoms with E-state index in [9.17, 15) is 9.59 Å². The lowest BCUT2D eigenvalue weighted by molar-refractivity contribution is -0.130. The quantitative estimate of drug-likeness (QED) is 0.840. The Balaban J connectivity index is 1.39. The van der Waals surface area contributed by atoms with Gasteiger partial charge in [-0.3, -0.25) is 9.59 Å². The summed E-state index contributed by atoms with van der Waals surface area (Å²) in [5, 5.41) is 3.44. The number of thioether (sulfide) groups is 1. The van der Waals surface area contributed by atoms with Crippen LogP contribution in [0, 0.1) is 5.41 Å². The molecule has 0 bridgehead atoms. The molecule has 0 aliphatic carbocycles. The second-order valence-electron chi connectivity index (χ2n) is 6.59. The Kier molecular flexibility index (Phi) is 5.38. The van der Waals surface area contributed by atoms with E-state index in [1.165, 1.54) is 18.2 Å². The second kappa shape index (κ2) is 7.49. The Morgan fingerprint density at radius 2 is 1.83 bits per heavy atom. The number of benzene rings is 1. The smallest absolute Gasteiger partial charge is 0.232 e. The number of nitrogens with zero attached hydrogens (tertiary/aromatic N) is 1. The number of amides is 1. The van der Waals surface area contributed by atoms with Gasteiger partial charge in [0.25, 0.3) is 0 Å². The van der Waals surface area contributed by atoms with E-state index >= 15 is 0 Å². The number of ketones is 1. The molecule has 0 saturated carbocycles. The highest BCUT2D eigenvalue weighted by molar-refractivity contribution is 8.00. The lowest BCUT2D eigenvalue weighted by Crippen LogP contribution is -2.44. The van der Waals surface area contributed by atoms with Crippen LogP contribution in [0.5, 0.6) is 0 Å². The standard InChI is InChI=1S/C18H24N2O2S/c21-16(15-4-2-1-3-5-15)12-23-13-17(22)20-10-7-18(8-11-20)6-9-19-14-18/h1-5,19H,6-14H2. The third-order valence-corrected chi connectivity index (χ3v) is 5.98. The highest BCUT2D eigenvalue weighted by Gasteiger charge is 2.37. The van der Waals surface area contributed by atoms with Crippen LogP contribution >= 0.6 is 11.8 Å². The maximum Gasteiger partial charge on any atom is 0.232 e. The fourth-order valence-electron chi connectivity index (χ4n) is 3.48. The minimum atomic E-state index is 0.0954. The Morgan fingerprint density at radius 3 is 2.48 bits per heavy atom. The molecule has 0 unspecified atom stereocenters. The predicted octanol–water partition coefficient (Wildman–Crippen LogP) is 2.20. The Morgan fingerprint density at radius 1 is 1.09 bits per heavy atom. The van der Waals surface area contributed by atoms with Crippen LogP contribution in [0.1, 0.15) is 29.6 Å². The molecule has 1 amide bonds. The zero-order valence-corrected chi connectivity index (χ0v) is 14.2. The first-order valence-corrected chi connectivity index (χ1v) is 9.49. The summed E-state index contributed by atoms with van der Waals surface area (Å²) in [5.41, 5.74) is 1.16. The summed E-state index contributed by atoms with van der Waals surface area (Å²) in [6.07, 6.45) is 3.47. The summed E-state index contributed by atoms with van der Waals surface area (Å²) < 4.78 is 0. The average Bonchev–Trinajstić information content (AvgIpc) is 3.04. The predicted molar refractivity (Wildman–Crippen MR) is 93.8 cm³/mol. The number of hydrogen-bond acceptors (Lipinski definition) is 4. The van der Waals surface area contributed by atoms with E-state index in [1.54, 1.807) is 0 Å². The van der Waals surface area contributed by atoms with E-state index in [1.807, 2.05) is 35.2 Å². The molecule has 3 rings (SSSR count). The van der Waals surface area contributed by atoms with Crippen LogP contribution in [-0.4, -0.2) is 54.3 Å². The molecule has 1 N–H and O–H groups in total. The number of hydrogen-bond donors (Lipinski definition) is 1. The van der Waals surface area contributed by atoms with Gasteiger partial charge in [0.15, 0.2) is 5.78 Å². The molecule has 23 heavy (non-hydrogen) atoms. The summed E-state index contributed by atoms with van der Waals surface area (Å²) in [4.78, 5) is 26.3. The van der Waals surface area contributed by atoms with Crippen molar-refractivity contribution in [1.29, 1.82) is 0 Å². The van der Waals surface area contributed by atoms with Crippen LogP contribution in [-0.2, 0) is 4.79 Å². The maximum absolute atomic E-state index is 12.3. The number of piperidine rings is 1.